The van der Waals surface area contributed by atoms with E-state index in [1.807, 2.05) is 51.0 Å². The minimum atomic E-state index is 0.241. The van der Waals surface area contributed by atoms with Gasteiger partial charge in [-0.25, -0.2) is 9.97 Å². The van der Waals surface area contributed by atoms with E-state index in [1.165, 1.54) is 0 Å². The topological polar surface area (TPSA) is 151 Å². The Balaban J connectivity index is 1.88. The summed E-state index contributed by atoms with van der Waals surface area (Å²) >= 11 is 0. The Morgan fingerprint density at radius 2 is 1.92 bits per heavy atom. The molecule has 0 radical (unpaired) electrons. The Hall–Kier alpha value is -4.44. The number of likely N-dealkylation sites (N-methyl/N-ethyl adjacent to an activating group) is 1. The van der Waals surface area contributed by atoms with E-state index in [0.717, 1.165) is 23.2 Å². The lowest BCUT2D eigenvalue weighted by atomic mass is 9.98. The monoisotopic (exact) mass is 515 g/mol. The lowest BCUT2D eigenvalue weighted by Crippen LogP contribution is -2.19. The first-order chi connectivity index (χ1) is 18.2. The molecular weight excluding hydrogens is 478 g/mol. The van der Waals surface area contributed by atoms with Crippen molar-refractivity contribution in [2.45, 2.75) is 13.8 Å². The molecule has 0 saturated heterocycles. The molecule has 3 aromatic rings. The van der Waals surface area contributed by atoms with Crippen molar-refractivity contribution in [3.05, 3.63) is 83.7 Å². The summed E-state index contributed by atoms with van der Waals surface area (Å²) in [6.45, 7) is 5.37. The zero-order valence-corrected chi connectivity index (χ0v) is 22.6. The number of nitrogens with one attached hydrogen (secondary N) is 3. The van der Waals surface area contributed by atoms with Crippen LogP contribution in [0.4, 0.5) is 5.82 Å². The van der Waals surface area contributed by atoms with Crippen LogP contribution in [-0.2, 0) is 0 Å². The number of anilines is 1. The number of nitrogens with zero attached hydrogens (tertiary/aromatic N) is 4. The van der Waals surface area contributed by atoms with Gasteiger partial charge in [-0.1, -0.05) is 13.8 Å². The van der Waals surface area contributed by atoms with Crippen molar-refractivity contribution < 1.29 is 4.74 Å². The summed E-state index contributed by atoms with van der Waals surface area (Å²) < 4.78 is 5.76. The lowest BCUT2D eigenvalue weighted by Gasteiger charge is -2.13. The van der Waals surface area contributed by atoms with Gasteiger partial charge in [-0.15, -0.1) is 0 Å². The van der Waals surface area contributed by atoms with Gasteiger partial charge in [0.2, 0.25) is 5.88 Å². The van der Waals surface area contributed by atoms with E-state index in [4.69, 9.17) is 26.6 Å². The third-order valence-electron chi connectivity index (χ3n) is 5.67. The Morgan fingerprint density at radius 1 is 1.13 bits per heavy atom. The normalized spacial score (nSPS) is 12.8. The molecule has 0 aliphatic carbocycles. The summed E-state index contributed by atoms with van der Waals surface area (Å²) in [5.74, 6) is 1.73. The molecule has 38 heavy (non-hydrogen) atoms. The first kappa shape index (κ1) is 28.1. The van der Waals surface area contributed by atoms with Gasteiger partial charge < -0.3 is 31.7 Å². The quantitative estimate of drug-likeness (QED) is 0.181. The SMILES string of the molecule is CN/C=C(\C(=N)c1ccnc(OCCN(C)C)c1)c1cnc2ccc(N/C(N)=C/C(=C\N)C(C)C)nc2c1. The number of nitrogens with two attached hydrogens (primary N) is 2. The molecule has 10 nitrogen and oxygen atoms in total. The molecule has 0 aromatic carbocycles. The van der Waals surface area contributed by atoms with Crippen molar-refractivity contribution in [1.82, 2.24) is 25.2 Å². The van der Waals surface area contributed by atoms with Crippen molar-refractivity contribution in [2.24, 2.45) is 17.4 Å². The molecule has 0 aliphatic heterocycles. The van der Waals surface area contributed by atoms with E-state index in [-0.39, 0.29) is 5.92 Å². The van der Waals surface area contributed by atoms with Gasteiger partial charge in [0.1, 0.15) is 18.2 Å². The van der Waals surface area contributed by atoms with Crippen LogP contribution >= 0.6 is 0 Å². The predicted molar refractivity (Wildman–Crippen MR) is 155 cm³/mol. The van der Waals surface area contributed by atoms with Gasteiger partial charge in [-0.05, 0) is 62.1 Å². The summed E-state index contributed by atoms with van der Waals surface area (Å²) in [5.41, 5.74) is 16.6. The third-order valence-corrected chi connectivity index (χ3v) is 5.67. The summed E-state index contributed by atoms with van der Waals surface area (Å²) in [5, 5.41) is 15.1. The van der Waals surface area contributed by atoms with Gasteiger partial charge in [0.05, 0.1) is 16.7 Å². The number of hydrogen-bond donors (Lipinski definition) is 5. The molecule has 3 aromatic heterocycles. The van der Waals surface area contributed by atoms with Gasteiger partial charge in [0.25, 0.3) is 0 Å². The molecule has 0 spiro atoms. The highest BCUT2D eigenvalue weighted by molar-refractivity contribution is 6.30. The van der Waals surface area contributed by atoms with Gasteiger partial charge in [0.15, 0.2) is 0 Å². The maximum atomic E-state index is 8.93. The second-order valence-electron chi connectivity index (χ2n) is 9.26. The molecule has 7 N–H and O–H groups in total. The van der Waals surface area contributed by atoms with Crippen molar-refractivity contribution in [3.63, 3.8) is 0 Å². The smallest absolute Gasteiger partial charge is 0.213 e. The second-order valence-corrected chi connectivity index (χ2v) is 9.26. The van der Waals surface area contributed by atoms with Crippen LogP contribution in [0.2, 0.25) is 0 Å². The number of allylic oxidation sites excluding steroid dienone is 3. The van der Waals surface area contributed by atoms with Gasteiger partial charge in [-0.3, -0.25) is 10.4 Å². The van der Waals surface area contributed by atoms with Gasteiger partial charge in [0, 0.05) is 55.0 Å². The standard InChI is InChI=1S/C28H37N9O/c1-18(2)20(15-29)13-25(30)36-26-7-6-23-24(35-26)12-21(16-34-23)22(17-32-3)28(31)19-8-9-33-27(14-19)38-11-10-37(4)5/h6-9,12-18,31-32H,10-11,29-30H2,1-5H3,(H,35,36)/b20-15+,22-17-,25-13+,31-28?. The van der Waals surface area contributed by atoms with Crippen LogP contribution in [0.3, 0.4) is 0 Å². The second kappa shape index (κ2) is 13.2. The molecule has 0 aliphatic rings. The number of pyridine rings is 3. The van der Waals surface area contributed by atoms with E-state index in [9.17, 15) is 0 Å². The molecule has 0 atom stereocenters. The molecule has 0 unspecified atom stereocenters. The van der Waals surface area contributed by atoms with Gasteiger partial charge in [-0.2, -0.15) is 0 Å². The summed E-state index contributed by atoms with van der Waals surface area (Å²) in [6.07, 6.45) is 8.50. The largest absolute Gasteiger partial charge is 0.476 e. The fourth-order valence-electron chi connectivity index (χ4n) is 3.57. The molecule has 0 amide bonds. The highest BCUT2D eigenvalue weighted by Gasteiger charge is 2.14. The Labute approximate surface area is 224 Å². The van der Waals surface area contributed by atoms with Crippen LogP contribution in [0, 0.1) is 11.3 Å². The number of fused-ring (bicyclic) bond motifs is 1. The maximum Gasteiger partial charge on any atom is 0.213 e. The average Bonchev–Trinajstić information content (AvgIpc) is 2.89. The summed E-state index contributed by atoms with van der Waals surface area (Å²) in [7, 11) is 5.76. The molecular formula is C28H37N9O. The molecule has 0 bridgehead atoms. The van der Waals surface area contributed by atoms with E-state index >= 15 is 0 Å². The van der Waals surface area contributed by atoms with Crippen molar-refractivity contribution in [1.29, 1.82) is 5.41 Å². The zero-order chi connectivity index (χ0) is 27.7. The minimum Gasteiger partial charge on any atom is -0.476 e. The first-order valence-electron chi connectivity index (χ1n) is 12.3. The van der Waals surface area contributed by atoms with Crippen molar-refractivity contribution in [3.8, 4) is 5.88 Å². The number of hydrogen-bond acceptors (Lipinski definition) is 10. The third kappa shape index (κ3) is 7.53. The van der Waals surface area contributed by atoms with Crippen molar-refractivity contribution in [2.75, 3.05) is 39.6 Å². The molecule has 10 heteroatoms. The molecule has 200 valence electrons. The number of rotatable bonds is 12. The van der Waals surface area contributed by atoms with Crippen LogP contribution in [-0.4, -0.2) is 59.9 Å². The molecule has 0 saturated carbocycles. The predicted octanol–water partition coefficient (Wildman–Crippen LogP) is 3.30. The van der Waals surface area contributed by atoms with Crippen LogP contribution in [0.15, 0.2) is 72.6 Å². The van der Waals surface area contributed by atoms with Crippen LogP contribution in [0.25, 0.3) is 16.6 Å². The fourth-order valence-corrected chi connectivity index (χ4v) is 3.57. The minimum absolute atomic E-state index is 0.241. The summed E-state index contributed by atoms with van der Waals surface area (Å²) in [6, 6.07) is 9.15. The highest BCUT2D eigenvalue weighted by Crippen LogP contribution is 2.24. The zero-order valence-electron chi connectivity index (χ0n) is 22.6. The molecule has 3 heterocycles. The lowest BCUT2D eigenvalue weighted by molar-refractivity contribution is 0.254. The average molecular weight is 516 g/mol. The number of ether oxygens (including phenoxy) is 1. The van der Waals surface area contributed by atoms with Gasteiger partial charge >= 0.3 is 0 Å². The Morgan fingerprint density at radius 3 is 2.61 bits per heavy atom. The van der Waals surface area contributed by atoms with E-state index in [0.29, 0.717) is 46.5 Å². The van der Waals surface area contributed by atoms with Crippen LogP contribution in [0.1, 0.15) is 25.0 Å². The number of aromatic nitrogens is 3. The van der Waals surface area contributed by atoms with E-state index in [1.54, 1.807) is 50.1 Å². The van der Waals surface area contributed by atoms with Crippen LogP contribution in [0.5, 0.6) is 5.88 Å². The Kier molecular flexibility index (Phi) is 9.78. The van der Waals surface area contributed by atoms with E-state index < -0.39 is 0 Å². The maximum absolute atomic E-state index is 8.93. The highest BCUT2D eigenvalue weighted by atomic mass is 16.5. The molecule has 0 fully saturated rings. The van der Waals surface area contributed by atoms with Crippen LogP contribution < -0.4 is 26.8 Å². The van der Waals surface area contributed by atoms with E-state index in [2.05, 4.69) is 20.6 Å². The summed E-state index contributed by atoms with van der Waals surface area (Å²) in [4.78, 5) is 15.6. The fraction of sp³-hybridized carbons (Fsp3) is 0.286. The first-order valence-corrected chi connectivity index (χ1v) is 12.3. The van der Waals surface area contributed by atoms with Crippen molar-refractivity contribution >= 4 is 28.1 Å². The Bertz CT molecular complexity index is 1360. The molecule has 3 rings (SSSR count).